The van der Waals surface area contributed by atoms with Gasteiger partial charge in [0.2, 0.25) is 0 Å². The molecule has 1 heteroatoms. The van der Waals surface area contributed by atoms with Crippen LogP contribution in [0.2, 0.25) is 0 Å². The van der Waals surface area contributed by atoms with E-state index < -0.39 is 0 Å². The molecule has 0 fully saturated rings. The highest BCUT2D eigenvalue weighted by Gasteiger charge is 2.38. The Morgan fingerprint density at radius 1 is 0.305 bits per heavy atom. The van der Waals surface area contributed by atoms with Crippen LogP contribution in [0.1, 0.15) is 49.9 Å². The number of nitrogens with zero attached hydrogens (tertiary/aromatic N) is 1. The summed E-state index contributed by atoms with van der Waals surface area (Å²) in [5.74, 6) is 0. The minimum atomic E-state index is -0.0643. The lowest BCUT2D eigenvalue weighted by Gasteiger charge is -2.27. The summed E-state index contributed by atoms with van der Waals surface area (Å²) in [7, 11) is 0. The molecule has 0 atom stereocenters. The first-order chi connectivity index (χ1) is 28.8. The van der Waals surface area contributed by atoms with Gasteiger partial charge in [-0.15, -0.1) is 0 Å². The Labute approximate surface area is 347 Å². The maximum absolute atomic E-state index is 2.43. The molecule has 0 aromatic heterocycles. The summed E-state index contributed by atoms with van der Waals surface area (Å²) in [5, 5.41) is 2.52. The first-order valence-electron chi connectivity index (χ1n) is 20.8. The Morgan fingerprint density at radius 2 is 0.729 bits per heavy atom. The van der Waals surface area contributed by atoms with Crippen LogP contribution in [0.4, 0.5) is 17.1 Å². The monoisotopic (exact) mass is 755 g/mol. The van der Waals surface area contributed by atoms with Gasteiger partial charge in [-0.2, -0.15) is 0 Å². The zero-order valence-electron chi connectivity index (χ0n) is 34.0. The Hall–Kier alpha value is -6.96. The second-order valence-corrected chi connectivity index (χ2v) is 17.3. The average Bonchev–Trinajstić information content (AvgIpc) is 3.66. The molecule has 0 saturated carbocycles. The van der Waals surface area contributed by atoms with Gasteiger partial charge in [0, 0.05) is 27.9 Å². The molecular formula is C58H45N. The van der Waals surface area contributed by atoms with Crippen LogP contribution in [0.15, 0.2) is 200 Å². The van der Waals surface area contributed by atoms with E-state index in [0.717, 1.165) is 17.1 Å². The third-order valence-corrected chi connectivity index (χ3v) is 13.3. The smallest absolute Gasteiger partial charge is 0.0467 e. The van der Waals surface area contributed by atoms with Gasteiger partial charge < -0.3 is 4.90 Å². The maximum atomic E-state index is 2.43. The molecule has 0 bridgehead atoms. The van der Waals surface area contributed by atoms with Crippen molar-refractivity contribution in [3.63, 3.8) is 0 Å². The average molecular weight is 756 g/mol. The molecule has 0 saturated heterocycles. The van der Waals surface area contributed by atoms with Crippen molar-refractivity contribution in [2.24, 2.45) is 0 Å². The Kier molecular flexibility index (Phi) is 7.94. The van der Waals surface area contributed by atoms with Gasteiger partial charge in [-0.3, -0.25) is 0 Å². The van der Waals surface area contributed by atoms with Crippen molar-refractivity contribution in [2.75, 3.05) is 4.90 Å². The van der Waals surface area contributed by atoms with Gasteiger partial charge in [-0.25, -0.2) is 0 Å². The molecule has 11 rings (SSSR count). The van der Waals surface area contributed by atoms with Crippen LogP contribution in [0, 0.1) is 0 Å². The minimum absolute atomic E-state index is 0.0643. The molecule has 1 nitrogen and oxygen atoms in total. The van der Waals surface area contributed by atoms with Gasteiger partial charge >= 0.3 is 0 Å². The topological polar surface area (TPSA) is 3.24 Å². The normalized spacial score (nSPS) is 14.0. The zero-order valence-corrected chi connectivity index (χ0v) is 34.0. The van der Waals surface area contributed by atoms with Gasteiger partial charge in [0.1, 0.15) is 0 Å². The van der Waals surface area contributed by atoms with Crippen LogP contribution in [0.3, 0.4) is 0 Å². The lowest BCUT2D eigenvalue weighted by atomic mass is 9.82. The highest BCUT2D eigenvalue weighted by molar-refractivity contribution is 5.98. The number of benzene rings is 9. The SMILES string of the molecule is CC1(C)c2ccccc2-c2c(-c3cccc(N(c4ccc(-c5cccc6ccccc56)cc4)c4cccc(-c5cccc6c5-c5ccccc5C6(C)C)c4)c3)cccc21. The third kappa shape index (κ3) is 5.45. The predicted octanol–water partition coefficient (Wildman–Crippen LogP) is 15.9. The summed E-state index contributed by atoms with van der Waals surface area (Å²) in [6, 6.07) is 74.3. The van der Waals surface area contributed by atoms with Crippen LogP contribution in [0.25, 0.3) is 66.4 Å². The first kappa shape index (κ1) is 35.2. The van der Waals surface area contributed by atoms with Gasteiger partial charge in [0.15, 0.2) is 0 Å². The number of anilines is 3. The molecule has 0 aliphatic heterocycles. The number of hydrogen-bond donors (Lipinski definition) is 0. The Morgan fingerprint density at radius 3 is 1.31 bits per heavy atom. The largest absolute Gasteiger partial charge is 0.310 e. The van der Waals surface area contributed by atoms with Crippen molar-refractivity contribution >= 4 is 27.8 Å². The van der Waals surface area contributed by atoms with E-state index in [-0.39, 0.29) is 10.8 Å². The van der Waals surface area contributed by atoms with E-state index in [9.17, 15) is 0 Å². The quantitative estimate of drug-likeness (QED) is 0.163. The lowest BCUT2D eigenvalue weighted by Crippen LogP contribution is -2.14. The van der Waals surface area contributed by atoms with Crippen LogP contribution < -0.4 is 4.90 Å². The fraction of sp³-hybridized carbons (Fsp3) is 0.103. The van der Waals surface area contributed by atoms with Crippen LogP contribution >= 0.6 is 0 Å². The van der Waals surface area contributed by atoms with Crippen LogP contribution in [-0.4, -0.2) is 0 Å². The van der Waals surface area contributed by atoms with Crippen molar-refractivity contribution in [1.29, 1.82) is 0 Å². The van der Waals surface area contributed by atoms with E-state index in [1.54, 1.807) is 0 Å². The molecule has 0 heterocycles. The molecule has 2 aliphatic rings. The fourth-order valence-electron chi connectivity index (χ4n) is 10.3. The van der Waals surface area contributed by atoms with Gasteiger partial charge in [-0.1, -0.05) is 191 Å². The number of rotatable bonds is 6. The fourth-order valence-corrected chi connectivity index (χ4v) is 10.3. The molecule has 0 radical (unpaired) electrons. The maximum Gasteiger partial charge on any atom is 0.0467 e. The molecule has 59 heavy (non-hydrogen) atoms. The predicted molar refractivity (Wildman–Crippen MR) is 250 cm³/mol. The summed E-state index contributed by atoms with van der Waals surface area (Å²) in [6.45, 7) is 9.43. The summed E-state index contributed by atoms with van der Waals surface area (Å²) in [4.78, 5) is 2.43. The summed E-state index contributed by atoms with van der Waals surface area (Å²) >= 11 is 0. The summed E-state index contributed by atoms with van der Waals surface area (Å²) in [6.07, 6.45) is 0. The highest BCUT2D eigenvalue weighted by Crippen LogP contribution is 2.54. The molecule has 0 unspecified atom stereocenters. The minimum Gasteiger partial charge on any atom is -0.310 e. The van der Waals surface area contributed by atoms with E-state index in [0.29, 0.717) is 0 Å². The van der Waals surface area contributed by atoms with Gasteiger partial charge in [0.25, 0.3) is 0 Å². The molecule has 0 N–H and O–H groups in total. The molecule has 9 aromatic rings. The number of hydrogen-bond acceptors (Lipinski definition) is 1. The third-order valence-electron chi connectivity index (χ3n) is 13.3. The van der Waals surface area contributed by atoms with Crippen molar-refractivity contribution < 1.29 is 0 Å². The molecular weight excluding hydrogens is 711 g/mol. The first-order valence-corrected chi connectivity index (χ1v) is 20.8. The molecule has 2 aliphatic carbocycles. The Balaban J connectivity index is 1.08. The second kappa shape index (κ2) is 13.3. The highest BCUT2D eigenvalue weighted by atomic mass is 15.1. The Bertz CT molecular complexity index is 2950. The second-order valence-electron chi connectivity index (χ2n) is 17.3. The molecule has 9 aromatic carbocycles. The number of fused-ring (bicyclic) bond motifs is 7. The van der Waals surface area contributed by atoms with Gasteiger partial charge in [-0.05, 0) is 125 Å². The molecule has 0 spiro atoms. The van der Waals surface area contributed by atoms with Gasteiger partial charge in [0.05, 0.1) is 0 Å². The van der Waals surface area contributed by atoms with Crippen LogP contribution in [0.5, 0.6) is 0 Å². The zero-order chi connectivity index (χ0) is 39.9. The van der Waals surface area contributed by atoms with Crippen molar-refractivity contribution in [1.82, 2.24) is 0 Å². The van der Waals surface area contributed by atoms with Crippen molar-refractivity contribution in [3.8, 4) is 55.6 Å². The van der Waals surface area contributed by atoms with Crippen molar-refractivity contribution in [3.05, 3.63) is 222 Å². The van der Waals surface area contributed by atoms with E-state index in [1.807, 2.05) is 0 Å². The summed E-state index contributed by atoms with van der Waals surface area (Å²) < 4.78 is 0. The lowest BCUT2D eigenvalue weighted by molar-refractivity contribution is 0.660. The van der Waals surface area contributed by atoms with E-state index in [4.69, 9.17) is 0 Å². The molecule has 282 valence electrons. The van der Waals surface area contributed by atoms with Crippen molar-refractivity contribution in [2.45, 2.75) is 38.5 Å². The van der Waals surface area contributed by atoms with Crippen LogP contribution in [-0.2, 0) is 10.8 Å². The van der Waals surface area contributed by atoms with E-state index in [1.165, 1.54) is 88.7 Å². The standard InChI is InChI=1S/C58H45N/c1-57(2)51-28-9-7-23-49(51)55-47(26-14-30-53(55)57)40-18-11-20-43(36-40)59(42-34-32-39(33-35-42)46-25-13-17-38-16-5-6-22-45(38)46)44-21-12-19-41(37-44)48-27-15-31-54-56(48)50-24-8-10-29-52(50)58(54,3)4/h5-37H,1-4H3. The molecule has 0 amide bonds. The van der Waals surface area contributed by atoms with E-state index in [2.05, 4.69) is 233 Å². The summed E-state index contributed by atoms with van der Waals surface area (Å²) in [5.41, 5.74) is 21.5. The van der Waals surface area contributed by atoms with E-state index >= 15 is 0 Å².